The molecule has 28 heavy (non-hydrogen) atoms. The molecule has 2 aromatic rings. The molecule has 0 heterocycles. The lowest BCUT2D eigenvalue weighted by Crippen LogP contribution is -2.43. The van der Waals surface area contributed by atoms with Crippen molar-refractivity contribution < 1.29 is 24.2 Å². The van der Waals surface area contributed by atoms with Gasteiger partial charge in [-0.15, -0.1) is 0 Å². The molecule has 0 aliphatic rings. The summed E-state index contributed by atoms with van der Waals surface area (Å²) in [6.45, 7) is -0.424. The van der Waals surface area contributed by atoms with E-state index in [-0.39, 0.29) is 17.1 Å². The number of ether oxygens (including phenoxy) is 1. The molecule has 0 aromatic heterocycles. The number of hydrazine groups is 1. The minimum atomic E-state index is -0.657. The van der Waals surface area contributed by atoms with Gasteiger partial charge in [-0.2, -0.15) is 0 Å². The van der Waals surface area contributed by atoms with E-state index in [0.29, 0.717) is 5.56 Å². The minimum absolute atomic E-state index is 0.111. The summed E-state index contributed by atoms with van der Waals surface area (Å²) in [5, 5.41) is 21.2. The summed E-state index contributed by atoms with van der Waals surface area (Å²) >= 11 is 0. The highest BCUT2D eigenvalue weighted by Gasteiger charge is 2.07. The first-order valence-electron chi connectivity index (χ1n) is 7.74. The Labute approximate surface area is 157 Å². The Morgan fingerprint density at radius 3 is 2.29 bits per heavy atom. The lowest BCUT2D eigenvalue weighted by atomic mass is 10.2. The van der Waals surface area contributed by atoms with Crippen LogP contribution in [0.4, 0.5) is 11.4 Å². The van der Waals surface area contributed by atoms with E-state index in [1.807, 2.05) is 0 Å². The molecule has 0 aliphatic heterocycles. The van der Waals surface area contributed by atoms with E-state index < -0.39 is 28.3 Å². The molecule has 2 aromatic carbocycles. The van der Waals surface area contributed by atoms with Gasteiger partial charge in [0.25, 0.3) is 23.2 Å². The lowest BCUT2D eigenvalue weighted by molar-refractivity contribution is -0.385. The van der Waals surface area contributed by atoms with Crippen molar-refractivity contribution in [2.45, 2.75) is 0 Å². The van der Waals surface area contributed by atoms with Gasteiger partial charge in [0.05, 0.1) is 9.85 Å². The quantitative estimate of drug-likeness (QED) is 0.417. The number of nitro groups is 2. The first-order valence-corrected chi connectivity index (χ1v) is 7.74. The standard InChI is InChI=1S/C17H14N4O7/c22-16(9-4-12-2-1-3-14(10-12)21(26)27)18-19-17(23)11-28-15-7-5-13(6-8-15)20(24)25/h1-10H,11H2,(H,18,22)(H,19,23)/b9-4+. The number of carbonyl (C=O) groups excluding carboxylic acids is 2. The van der Waals surface area contributed by atoms with Crippen molar-refractivity contribution in [3.63, 3.8) is 0 Å². The number of amides is 2. The molecule has 144 valence electrons. The number of nitrogens with zero attached hydrogens (tertiary/aromatic N) is 2. The van der Waals surface area contributed by atoms with Gasteiger partial charge in [0.15, 0.2) is 6.61 Å². The van der Waals surface area contributed by atoms with Gasteiger partial charge in [-0.05, 0) is 23.8 Å². The zero-order valence-corrected chi connectivity index (χ0v) is 14.2. The second-order valence-electron chi connectivity index (χ2n) is 5.26. The Kier molecular flexibility index (Phi) is 6.75. The Morgan fingerprint density at radius 2 is 1.64 bits per heavy atom. The molecule has 0 radical (unpaired) electrons. The Bertz CT molecular complexity index is 925. The SMILES string of the molecule is O=C(/C=C/c1cccc([N+](=O)[O-])c1)NNC(=O)COc1ccc([N+](=O)[O-])cc1. The van der Waals surface area contributed by atoms with Gasteiger partial charge in [-0.3, -0.25) is 40.7 Å². The minimum Gasteiger partial charge on any atom is -0.484 e. The molecule has 0 spiro atoms. The van der Waals surface area contributed by atoms with Crippen molar-refractivity contribution in [1.82, 2.24) is 10.9 Å². The van der Waals surface area contributed by atoms with Crippen LogP contribution in [-0.4, -0.2) is 28.3 Å². The first kappa shape index (κ1) is 20.0. The topological polar surface area (TPSA) is 154 Å². The molecule has 0 aliphatic carbocycles. The van der Waals surface area contributed by atoms with Crippen LogP contribution in [0, 0.1) is 20.2 Å². The van der Waals surface area contributed by atoms with Gasteiger partial charge in [0, 0.05) is 30.3 Å². The van der Waals surface area contributed by atoms with Crippen LogP contribution in [-0.2, 0) is 9.59 Å². The third-order valence-corrected chi connectivity index (χ3v) is 3.25. The van der Waals surface area contributed by atoms with Gasteiger partial charge in [-0.1, -0.05) is 12.1 Å². The molecule has 0 fully saturated rings. The average molecular weight is 386 g/mol. The lowest BCUT2D eigenvalue weighted by Gasteiger charge is -2.07. The molecule has 0 atom stereocenters. The van der Waals surface area contributed by atoms with Crippen molar-refractivity contribution in [3.8, 4) is 5.75 Å². The number of non-ortho nitro benzene ring substituents is 2. The maximum absolute atomic E-state index is 11.7. The highest BCUT2D eigenvalue weighted by molar-refractivity contribution is 5.93. The van der Waals surface area contributed by atoms with E-state index >= 15 is 0 Å². The van der Waals surface area contributed by atoms with E-state index in [1.165, 1.54) is 48.5 Å². The largest absolute Gasteiger partial charge is 0.484 e. The summed E-state index contributed by atoms with van der Waals surface area (Å²) in [5.41, 5.74) is 4.46. The molecule has 11 heteroatoms. The third kappa shape index (κ3) is 6.22. The summed E-state index contributed by atoms with van der Waals surface area (Å²) in [6, 6.07) is 10.8. The fraction of sp³-hybridized carbons (Fsp3) is 0.0588. The summed E-state index contributed by atoms with van der Waals surface area (Å²) in [4.78, 5) is 43.4. The van der Waals surface area contributed by atoms with Gasteiger partial charge in [0.1, 0.15) is 5.75 Å². The number of nitrogens with one attached hydrogen (secondary N) is 2. The Hall–Kier alpha value is -4.28. The molecule has 0 unspecified atom stereocenters. The molecule has 2 N–H and O–H groups in total. The molecule has 11 nitrogen and oxygen atoms in total. The van der Waals surface area contributed by atoms with Crippen molar-refractivity contribution in [3.05, 3.63) is 80.4 Å². The molecule has 2 amide bonds. The monoisotopic (exact) mass is 386 g/mol. The predicted octanol–water partition coefficient (Wildman–Crippen LogP) is 1.74. The average Bonchev–Trinajstić information content (AvgIpc) is 2.69. The summed E-state index contributed by atoms with van der Waals surface area (Å²) < 4.78 is 5.13. The predicted molar refractivity (Wildman–Crippen MR) is 97.0 cm³/mol. The number of nitro benzene ring substituents is 2. The van der Waals surface area contributed by atoms with E-state index in [9.17, 15) is 29.8 Å². The highest BCUT2D eigenvalue weighted by atomic mass is 16.6. The molecule has 2 rings (SSSR count). The fourth-order valence-corrected chi connectivity index (χ4v) is 1.94. The van der Waals surface area contributed by atoms with Crippen LogP contribution in [0.5, 0.6) is 5.75 Å². The molecule has 0 saturated heterocycles. The van der Waals surface area contributed by atoms with Gasteiger partial charge in [-0.25, -0.2) is 0 Å². The zero-order valence-electron chi connectivity index (χ0n) is 14.2. The van der Waals surface area contributed by atoms with Crippen molar-refractivity contribution in [1.29, 1.82) is 0 Å². The van der Waals surface area contributed by atoms with Crippen LogP contribution in [0.25, 0.3) is 6.08 Å². The number of benzene rings is 2. The van der Waals surface area contributed by atoms with Gasteiger partial charge in [0.2, 0.25) is 0 Å². The molecule has 0 saturated carbocycles. The van der Waals surface area contributed by atoms with Gasteiger partial charge < -0.3 is 4.74 Å². The van der Waals surface area contributed by atoms with Crippen LogP contribution in [0.15, 0.2) is 54.6 Å². The molecule has 0 bridgehead atoms. The van der Waals surface area contributed by atoms with E-state index in [0.717, 1.165) is 6.08 Å². The number of carbonyl (C=O) groups is 2. The highest BCUT2D eigenvalue weighted by Crippen LogP contribution is 2.17. The summed E-state index contributed by atoms with van der Waals surface area (Å²) in [5.74, 6) is -1.07. The number of hydrogen-bond donors (Lipinski definition) is 2. The second-order valence-corrected chi connectivity index (χ2v) is 5.26. The normalized spacial score (nSPS) is 10.3. The zero-order chi connectivity index (χ0) is 20.5. The van der Waals surface area contributed by atoms with E-state index in [2.05, 4.69) is 10.9 Å². The Balaban J connectivity index is 1.77. The van der Waals surface area contributed by atoms with Crippen LogP contribution >= 0.6 is 0 Å². The van der Waals surface area contributed by atoms with E-state index in [4.69, 9.17) is 4.74 Å². The first-order chi connectivity index (χ1) is 13.3. The fourth-order valence-electron chi connectivity index (χ4n) is 1.94. The van der Waals surface area contributed by atoms with Crippen LogP contribution in [0.3, 0.4) is 0 Å². The van der Waals surface area contributed by atoms with Crippen molar-refractivity contribution in [2.75, 3.05) is 6.61 Å². The van der Waals surface area contributed by atoms with Crippen LogP contribution in [0.2, 0.25) is 0 Å². The second kappa shape index (κ2) is 9.43. The summed E-state index contributed by atoms with van der Waals surface area (Å²) in [6.07, 6.45) is 2.44. The van der Waals surface area contributed by atoms with Crippen LogP contribution in [0.1, 0.15) is 5.56 Å². The van der Waals surface area contributed by atoms with Crippen molar-refractivity contribution >= 4 is 29.3 Å². The molecular formula is C17H14N4O7. The maximum Gasteiger partial charge on any atom is 0.276 e. The summed E-state index contributed by atoms with van der Waals surface area (Å²) in [7, 11) is 0. The number of hydrogen-bond acceptors (Lipinski definition) is 7. The smallest absolute Gasteiger partial charge is 0.276 e. The Morgan fingerprint density at radius 1 is 0.964 bits per heavy atom. The molecular weight excluding hydrogens is 372 g/mol. The van der Waals surface area contributed by atoms with E-state index in [1.54, 1.807) is 6.07 Å². The van der Waals surface area contributed by atoms with Crippen LogP contribution < -0.4 is 15.6 Å². The number of rotatable bonds is 7. The maximum atomic E-state index is 11.7. The van der Waals surface area contributed by atoms with Crippen molar-refractivity contribution in [2.24, 2.45) is 0 Å². The third-order valence-electron chi connectivity index (χ3n) is 3.25. The van der Waals surface area contributed by atoms with Gasteiger partial charge >= 0.3 is 0 Å².